The molecule has 1 N–H and O–H groups in total. The highest BCUT2D eigenvalue weighted by Gasteiger charge is 2.14. The van der Waals surface area contributed by atoms with Crippen molar-refractivity contribution in [3.63, 3.8) is 0 Å². The molecule has 2 aromatic heterocycles. The van der Waals surface area contributed by atoms with Crippen LogP contribution in [-0.2, 0) is 7.05 Å². The highest BCUT2D eigenvalue weighted by atomic mass is 16.5. The predicted molar refractivity (Wildman–Crippen MR) is 73.7 cm³/mol. The standard InChI is InChI=1S/C13H19N5O/c1-8(2)11-16-12(14-4)9(3)13(17-11)19-10-6-15-18(5)7-10/h6-8H,1-5H3,(H,14,16,17). The molecule has 19 heavy (non-hydrogen) atoms. The van der Waals surface area contributed by atoms with Crippen LogP contribution in [0.1, 0.15) is 31.2 Å². The van der Waals surface area contributed by atoms with E-state index in [-0.39, 0.29) is 5.92 Å². The molecule has 2 heterocycles. The van der Waals surface area contributed by atoms with Crippen molar-refractivity contribution in [1.29, 1.82) is 0 Å². The number of aryl methyl sites for hydroxylation is 1. The Labute approximate surface area is 112 Å². The monoisotopic (exact) mass is 261 g/mol. The average molecular weight is 261 g/mol. The largest absolute Gasteiger partial charge is 0.435 e. The second kappa shape index (κ2) is 5.26. The third-order valence-corrected chi connectivity index (χ3v) is 2.77. The zero-order chi connectivity index (χ0) is 14.0. The van der Waals surface area contributed by atoms with Gasteiger partial charge >= 0.3 is 0 Å². The Morgan fingerprint density at radius 3 is 2.58 bits per heavy atom. The Balaban J connectivity index is 2.40. The minimum absolute atomic E-state index is 0.240. The van der Waals surface area contributed by atoms with Gasteiger partial charge in [-0.15, -0.1) is 0 Å². The molecule has 102 valence electrons. The van der Waals surface area contributed by atoms with E-state index in [2.05, 4.69) is 34.2 Å². The van der Waals surface area contributed by atoms with E-state index in [1.807, 2.05) is 21.0 Å². The number of nitrogens with zero attached hydrogens (tertiary/aromatic N) is 4. The van der Waals surface area contributed by atoms with Gasteiger partial charge in [0.25, 0.3) is 0 Å². The zero-order valence-electron chi connectivity index (χ0n) is 11.9. The van der Waals surface area contributed by atoms with Crippen LogP contribution in [0.5, 0.6) is 11.6 Å². The van der Waals surface area contributed by atoms with E-state index < -0.39 is 0 Å². The second-order valence-electron chi connectivity index (χ2n) is 4.72. The van der Waals surface area contributed by atoms with Crippen LogP contribution < -0.4 is 10.1 Å². The van der Waals surface area contributed by atoms with E-state index in [4.69, 9.17) is 4.74 Å². The van der Waals surface area contributed by atoms with Crippen molar-refractivity contribution in [2.75, 3.05) is 12.4 Å². The number of anilines is 1. The van der Waals surface area contributed by atoms with E-state index >= 15 is 0 Å². The highest BCUT2D eigenvalue weighted by Crippen LogP contribution is 2.28. The summed E-state index contributed by atoms with van der Waals surface area (Å²) in [6.45, 7) is 6.04. The molecule has 2 aromatic rings. The van der Waals surface area contributed by atoms with E-state index in [1.54, 1.807) is 17.1 Å². The number of ether oxygens (including phenoxy) is 1. The summed E-state index contributed by atoms with van der Waals surface area (Å²) in [5.74, 6) is 3.02. The molecule has 0 spiro atoms. The first-order valence-electron chi connectivity index (χ1n) is 6.24. The molecule has 0 aromatic carbocycles. The van der Waals surface area contributed by atoms with Gasteiger partial charge in [-0.05, 0) is 6.92 Å². The summed E-state index contributed by atoms with van der Waals surface area (Å²) in [5, 5.41) is 7.15. The first-order valence-corrected chi connectivity index (χ1v) is 6.24. The first-order chi connectivity index (χ1) is 9.01. The normalized spacial score (nSPS) is 10.8. The van der Waals surface area contributed by atoms with Gasteiger partial charge in [0.15, 0.2) is 5.75 Å². The van der Waals surface area contributed by atoms with Crippen LogP contribution in [-0.4, -0.2) is 26.8 Å². The summed E-state index contributed by atoms with van der Waals surface area (Å²) in [6, 6.07) is 0. The number of hydrogen-bond donors (Lipinski definition) is 1. The molecule has 6 heteroatoms. The Morgan fingerprint density at radius 2 is 2.05 bits per heavy atom. The first kappa shape index (κ1) is 13.3. The molecule has 0 aliphatic rings. The molecular formula is C13H19N5O. The van der Waals surface area contributed by atoms with Gasteiger partial charge in [-0.25, -0.2) is 4.98 Å². The van der Waals surface area contributed by atoms with Crippen LogP contribution in [0.3, 0.4) is 0 Å². The van der Waals surface area contributed by atoms with Crippen LogP contribution >= 0.6 is 0 Å². The van der Waals surface area contributed by atoms with Gasteiger partial charge in [0, 0.05) is 20.0 Å². The topological polar surface area (TPSA) is 64.9 Å². The lowest BCUT2D eigenvalue weighted by molar-refractivity contribution is 0.452. The molecule has 0 atom stereocenters. The summed E-state index contributed by atoms with van der Waals surface area (Å²) in [4.78, 5) is 8.95. The third-order valence-electron chi connectivity index (χ3n) is 2.77. The third kappa shape index (κ3) is 2.83. The van der Waals surface area contributed by atoms with Gasteiger partial charge in [-0.3, -0.25) is 4.68 Å². The lowest BCUT2D eigenvalue weighted by Crippen LogP contribution is -2.06. The van der Waals surface area contributed by atoms with Crippen LogP contribution in [0.2, 0.25) is 0 Å². The van der Waals surface area contributed by atoms with Gasteiger partial charge in [0.2, 0.25) is 5.88 Å². The van der Waals surface area contributed by atoms with Crippen molar-refractivity contribution in [3.8, 4) is 11.6 Å². The number of aromatic nitrogens is 4. The summed E-state index contributed by atoms with van der Waals surface area (Å²) in [5.41, 5.74) is 0.885. The molecule has 0 aliphatic heterocycles. The average Bonchev–Trinajstić information content (AvgIpc) is 2.77. The van der Waals surface area contributed by atoms with Crippen LogP contribution in [0.4, 0.5) is 5.82 Å². The Kier molecular flexibility index (Phi) is 3.69. The van der Waals surface area contributed by atoms with Gasteiger partial charge in [-0.2, -0.15) is 10.1 Å². The lowest BCUT2D eigenvalue weighted by atomic mass is 10.2. The number of rotatable bonds is 4. The summed E-state index contributed by atoms with van der Waals surface area (Å²) < 4.78 is 7.48. The molecule has 0 bridgehead atoms. The van der Waals surface area contributed by atoms with Crippen molar-refractivity contribution in [2.24, 2.45) is 7.05 Å². The fraction of sp³-hybridized carbons (Fsp3) is 0.462. The zero-order valence-corrected chi connectivity index (χ0v) is 11.9. The maximum absolute atomic E-state index is 5.79. The van der Waals surface area contributed by atoms with Crippen molar-refractivity contribution >= 4 is 5.82 Å². The second-order valence-corrected chi connectivity index (χ2v) is 4.72. The Morgan fingerprint density at radius 1 is 1.32 bits per heavy atom. The molecule has 2 rings (SSSR count). The Bertz CT molecular complexity index is 576. The van der Waals surface area contributed by atoms with E-state index in [9.17, 15) is 0 Å². The molecule has 0 aliphatic carbocycles. The minimum atomic E-state index is 0.240. The number of nitrogens with one attached hydrogen (secondary N) is 1. The van der Waals surface area contributed by atoms with Crippen LogP contribution in [0.25, 0.3) is 0 Å². The molecule has 0 unspecified atom stereocenters. The smallest absolute Gasteiger partial charge is 0.227 e. The van der Waals surface area contributed by atoms with Gasteiger partial charge in [0.05, 0.1) is 18.0 Å². The molecule has 0 radical (unpaired) electrons. The molecular weight excluding hydrogens is 242 g/mol. The van der Waals surface area contributed by atoms with Crippen molar-refractivity contribution in [1.82, 2.24) is 19.7 Å². The van der Waals surface area contributed by atoms with E-state index in [0.29, 0.717) is 11.6 Å². The summed E-state index contributed by atoms with van der Waals surface area (Å²) in [7, 11) is 3.69. The Hall–Kier alpha value is -2.11. The maximum Gasteiger partial charge on any atom is 0.227 e. The van der Waals surface area contributed by atoms with Crippen molar-refractivity contribution in [2.45, 2.75) is 26.7 Å². The summed E-state index contributed by atoms with van der Waals surface area (Å²) in [6.07, 6.45) is 3.46. The van der Waals surface area contributed by atoms with E-state index in [0.717, 1.165) is 17.2 Å². The van der Waals surface area contributed by atoms with Crippen LogP contribution in [0.15, 0.2) is 12.4 Å². The van der Waals surface area contributed by atoms with Gasteiger partial charge in [0.1, 0.15) is 11.6 Å². The van der Waals surface area contributed by atoms with E-state index in [1.165, 1.54) is 0 Å². The SMILES string of the molecule is CNc1nc(C(C)C)nc(Oc2cnn(C)c2)c1C. The maximum atomic E-state index is 5.79. The lowest BCUT2D eigenvalue weighted by Gasteiger charge is -2.13. The van der Waals surface area contributed by atoms with Gasteiger partial charge in [-0.1, -0.05) is 13.8 Å². The predicted octanol–water partition coefficient (Wildman–Crippen LogP) is 2.48. The van der Waals surface area contributed by atoms with Crippen LogP contribution in [0, 0.1) is 6.92 Å². The highest BCUT2D eigenvalue weighted by molar-refractivity contribution is 5.49. The molecule has 0 amide bonds. The fourth-order valence-electron chi connectivity index (χ4n) is 1.68. The molecule has 0 fully saturated rings. The van der Waals surface area contributed by atoms with Crippen molar-refractivity contribution in [3.05, 3.63) is 23.8 Å². The quantitative estimate of drug-likeness (QED) is 0.916. The molecule has 6 nitrogen and oxygen atoms in total. The minimum Gasteiger partial charge on any atom is -0.435 e. The number of hydrogen-bond acceptors (Lipinski definition) is 5. The van der Waals surface area contributed by atoms with Gasteiger partial charge < -0.3 is 10.1 Å². The molecule has 0 saturated heterocycles. The molecule has 0 saturated carbocycles. The summed E-state index contributed by atoms with van der Waals surface area (Å²) >= 11 is 0. The van der Waals surface area contributed by atoms with Crippen molar-refractivity contribution < 1.29 is 4.74 Å². The fourth-order valence-corrected chi connectivity index (χ4v) is 1.68.